The van der Waals surface area contributed by atoms with Crippen LogP contribution in [0.1, 0.15) is 27.0 Å². The fourth-order valence-electron chi connectivity index (χ4n) is 3.93. The molecule has 4 rings (SSSR count). The predicted molar refractivity (Wildman–Crippen MR) is 126 cm³/mol. The first-order valence-electron chi connectivity index (χ1n) is 10.4. The fourth-order valence-corrected chi connectivity index (χ4v) is 3.93. The summed E-state index contributed by atoms with van der Waals surface area (Å²) >= 11 is 0. The van der Waals surface area contributed by atoms with E-state index in [1.807, 2.05) is 18.2 Å². The summed E-state index contributed by atoms with van der Waals surface area (Å²) in [6.45, 7) is 4.13. The molecular weight excluding hydrogens is 418 g/mol. The minimum atomic E-state index is -0.202. The summed E-state index contributed by atoms with van der Waals surface area (Å²) in [5.41, 5.74) is 5.90. The maximum absolute atomic E-state index is 13.6. The highest BCUT2D eigenvalue weighted by Gasteiger charge is 2.21. The molecule has 0 saturated heterocycles. The monoisotopic (exact) mass is 443 g/mol. The van der Waals surface area contributed by atoms with Crippen molar-refractivity contribution in [1.29, 1.82) is 0 Å². The van der Waals surface area contributed by atoms with Gasteiger partial charge in [0.2, 0.25) is 5.75 Å². The van der Waals surface area contributed by atoms with Gasteiger partial charge in [-0.1, -0.05) is 35.4 Å². The van der Waals surface area contributed by atoms with E-state index in [1.165, 1.54) is 38.8 Å². The van der Waals surface area contributed by atoms with E-state index < -0.39 is 0 Å². The molecule has 0 spiro atoms. The Morgan fingerprint density at radius 2 is 1.48 bits per heavy atom. The van der Waals surface area contributed by atoms with Crippen LogP contribution in [0.15, 0.2) is 61.2 Å². The highest BCUT2D eigenvalue weighted by Crippen LogP contribution is 2.39. The van der Waals surface area contributed by atoms with Crippen molar-refractivity contribution in [3.05, 3.63) is 83.4 Å². The molecule has 33 heavy (non-hydrogen) atoms. The maximum atomic E-state index is 13.6. The quantitative estimate of drug-likeness (QED) is 0.382. The molecule has 0 bridgehead atoms. The van der Waals surface area contributed by atoms with Gasteiger partial charge in [0.25, 0.3) is 0 Å². The largest absolute Gasteiger partial charge is 0.493 e. The number of benzene rings is 3. The van der Waals surface area contributed by atoms with Gasteiger partial charge in [-0.25, -0.2) is 9.67 Å². The van der Waals surface area contributed by atoms with Crippen molar-refractivity contribution in [3.8, 4) is 34.1 Å². The van der Waals surface area contributed by atoms with Crippen molar-refractivity contribution >= 4 is 5.78 Å². The van der Waals surface area contributed by atoms with Gasteiger partial charge in [0, 0.05) is 11.1 Å². The fraction of sp³-hybridized carbons (Fsp3) is 0.192. The molecule has 3 aromatic carbocycles. The van der Waals surface area contributed by atoms with Crippen LogP contribution in [-0.2, 0) is 0 Å². The molecule has 1 aromatic heterocycles. The Morgan fingerprint density at radius 1 is 0.818 bits per heavy atom. The zero-order chi connectivity index (χ0) is 23.5. The molecule has 0 unspecified atom stereocenters. The van der Waals surface area contributed by atoms with Gasteiger partial charge in [-0.2, -0.15) is 5.10 Å². The van der Waals surface area contributed by atoms with E-state index in [-0.39, 0.29) is 5.78 Å². The predicted octanol–water partition coefficient (Wildman–Crippen LogP) is 4.81. The number of ketones is 1. The zero-order valence-electron chi connectivity index (χ0n) is 19.2. The number of ether oxygens (including phenoxy) is 3. The SMILES string of the molecule is COc1cc(C(=O)c2ccc(-c3cc(C)cc(C)c3)cc2-n2cncn2)cc(OC)c1OC. The topological polar surface area (TPSA) is 75.5 Å². The molecule has 168 valence electrons. The second-order valence-corrected chi connectivity index (χ2v) is 7.69. The normalized spacial score (nSPS) is 10.7. The lowest BCUT2D eigenvalue weighted by Crippen LogP contribution is -2.09. The van der Waals surface area contributed by atoms with Gasteiger partial charge in [0.05, 0.1) is 27.0 Å². The van der Waals surface area contributed by atoms with Crippen LogP contribution in [0.4, 0.5) is 0 Å². The number of aryl methyl sites for hydroxylation is 2. The van der Waals surface area contributed by atoms with Gasteiger partial charge < -0.3 is 14.2 Å². The smallest absolute Gasteiger partial charge is 0.203 e. The number of hydrogen-bond donors (Lipinski definition) is 0. The molecule has 0 aliphatic heterocycles. The molecule has 0 saturated carbocycles. The minimum Gasteiger partial charge on any atom is -0.493 e. The van der Waals surface area contributed by atoms with E-state index >= 15 is 0 Å². The molecule has 0 N–H and O–H groups in total. The van der Waals surface area contributed by atoms with Gasteiger partial charge in [0.1, 0.15) is 12.7 Å². The molecule has 0 aliphatic carbocycles. The van der Waals surface area contributed by atoms with Crippen LogP contribution in [0.5, 0.6) is 17.2 Å². The van der Waals surface area contributed by atoms with Crippen LogP contribution >= 0.6 is 0 Å². The number of carbonyl (C=O) groups is 1. The van der Waals surface area contributed by atoms with Gasteiger partial charge in [-0.3, -0.25) is 4.79 Å². The van der Waals surface area contributed by atoms with Crippen molar-refractivity contribution in [1.82, 2.24) is 14.8 Å². The summed E-state index contributed by atoms with van der Waals surface area (Å²) in [6, 6.07) is 15.4. The van der Waals surface area contributed by atoms with Crippen LogP contribution in [0.25, 0.3) is 16.8 Å². The number of carbonyl (C=O) groups excluding carboxylic acids is 1. The van der Waals surface area contributed by atoms with Crippen molar-refractivity contribution < 1.29 is 19.0 Å². The summed E-state index contributed by atoms with van der Waals surface area (Å²) in [6.07, 6.45) is 3.02. The molecule has 0 aliphatic rings. The Morgan fingerprint density at radius 3 is 2.03 bits per heavy atom. The van der Waals surface area contributed by atoms with Gasteiger partial charge >= 0.3 is 0 Å². The second-order valence-electron chi connectivity index (χ2n) is 7.69. The van der Waals surface area contributed by atoms with Crippen molar-refractivity contribution in [2.45, 2.75) is 13.8 Å². The van der Waals surface area contributed by atoms with Gasteiger partial charge in [-0.05, 0) is 49.2 Å². The Balaban J connectivity index is 1.86. The standard InChI is InChI=1S/C26H25N3O4/c1-16-8-17(2)10-19(9-16)18-6-7-21(22(11-18)29-15-27-14-28-29)25(30)20-12-23(31-3)26(33-5)24(13-20)32-4/h6-15H,1-5H3. The first-order valence-corrected chi connectivity index (χ1v) is 10.4. The average molecular weight is 444 g/mol. The summed E-state index contributed by atoms with van der Waals surface area (Å²) < 4.78 is 17.8. The molecule has 0 radical (unpaired) electrons. The third-order valence-electron chi connectivity index (χ3n) is 5.39. The Kier molecular flexibility index (Phi) is 6.13. The molecule has 7 nitrogen and oxygen atoms in total. The molecule has 7 heteroatoms. The zero-order valence-corrected chi connectivity index (χ0v) is 19.2. The van der Waals surface area contributed by atoms with E-state index in [0.29, 0.717) is 34.1 Å². The average Bonchev–Trinajstić information content (AvgIpc) is 3.36. The molecular formula is C26H25N3O4. The second kappa shape index (κ2) is 9.16. The number of nitrogens with zero attached hydrogens (tertiary/aromatic N) is 3. The molecule has 0 fully saturated rings. The third kappa shape index (κ3) is 4.30. The van der Waals surface area contributed by atoms with Crippen LogP contribution in [0, 0.1) is 13.8 Å². The first-order chi connectivity index (χ1) is 15.9. The minimum absolute atomic E-state index is 0.202. The highest BCUT2D eigenvalue weighted by molar-refractivity contribution is 6.12. The summed E-state index contributed by atoms with van der Waals surface area (Å²) in [7, 11) is 4.56. The number of rotatable bonds is 7. The number of aromatic nitrogens is 3. The van der Waals surface area contributed by atoms with Gasteiger partial charge in [0.15, 0.2) is 17.3 Å². The Hall–Kier alpha value is -4.13. The van der Waals surface area contributed by atoms with E-state index in [2.05, 4.69) is 42.1 Å². The molecule has 0 atom stereocenters. The van der Waals surface area contributed by atoms with E-state index in [0.717, 1.165) is 11.1 Å². The molecule has 0 amide bonds. The number of hydrogen-bond acceptors (Lipinski definition) is 6. The van der Waals surface area contributed by atoms with Crippen molar-refractivity contribution in [2.24, 2.45) is 0 Å². The maximum Gasteiger partial charge on any atom is 0.203 e. The van der Waals surface area contributed by atoms with Gasteiger partial charge in [-0.15, -0.1) is 0 Å². The molecule has 4 aromatic rings. The number of methoxy groups -OCH3 is 3. The van der Waals surface area contributed by atoms with Crippen LogP contribution in [0.3, 0.4) is 0 Å². The Labute approximate surface area is 192 Å². The highest BCUT2D eigenvalue weighted by atomic mass is 16.5. The third-order valence-corrected chi connectivity index (χ3v) is 5.39. The van der Waals surface area contributed by atoms with Crippen LogP contribution in [-0.4, -0.2) is 41.9 Å². The van der Waals surface area contributed by atoms with E-state index in [9.17, 15) is 4.79 Å². The summed E-state index contributed by atoms with van der Waals surface area (Å²) in [5, 5.41) is 4.27. The lowest BCUT2D eigenvalue weighted by molar-refractivity contribution is 0.103. The summed E-state index contributed by atoms with van der Waals surface area (Å²) in [5.74, 6) is 1.05. The Bertz CT molecular complexity index is 1270. The summed E-state index contributed by atoms with van der Waals surface area (Å²) in [4.78, 5) is 17.7. The first kappa shape index (κ1) is 22.1. The van der Waals surface area contributed by atoms with Crippen LogP contribution < -0.4 is 14.2 Å². The van der Waals surface area contributed by atoms with E-state index in [1.54, 1.807) is 23.1 Å². The lowest BCUT2D eigenvalue weighted by Gasteiger charge is -2.15. The van der Waals surface area contributed by atoms with Crippen molar-refractivity contribution in [3.63, 3.8) is 0 Å². The van der Waals surface area contributed by atoms with Crippen molar-refractivity contribution in [2.75, 3.05) is 21.3 Å². The van der Waals surface area contributed by atoms with Crippen LogP contribution in [0.2, 0.25) is 0 Å². The lowest BCUT2D eigenvalue weighted by atomic mass is 9.95. The van der Waals surface area contributed by atoms with E-state index in [4.69, 9.17) is 14.2 Å². The molecule has 1 heterocycles.